The second-order valence-electron chi connectivity index (χ2n) is 12.8. The van der Waals surface area contributed by atoms with Crippen LogP contribution < -0.4 is 0 Å². The van der Waals surface area contributed by atoms with Crippen molar-refractivity contribution in [3.05, 3.63) is 65.5 Å². The highest BCUT2D eigenvalue weighted by Gasteiger charge is 2.66. The zero-order chi connectivity index (χ0) is 23.3. The van der Waals surface area contributed by atoms with Crippen molar-refractivity contribution in [2.45, 2.75) is 94.3 Å². The molecule has 2 saturated carbocycles. The Bertz CT molecular complexity index is 1260. The molecule has 4 heterocycles. The van der Waals surface area contributed by atoms with E-state index in [4.69, 9.17) is 4.74 Å². The average Bonchev–Trinajstić information content (AvgIpc) is 3.60. The van der Waals surface area contributed by atoms with Gasteiger partial charge in [-0.25, -0.2) is 0 Å². The molecular formula is C32H38N2O. The summed E-state index contributed by atoms with van der Waals surface area (Å²) in [6.07, 6.45) is 22.0. The molecule has 2 saturated heterocycles. The topological polar surface area (TPSA) is 25.4 Å². The van der Waals surface area contributed by atoms with Crippen LogP contribution in [-0.4, -0.2) is 40.2 Å². The summed E-state index contributed by atoms with van der Waals surface area (Å²) in [4.78, 5) is 7.18. The molecule has 8 rings (SSSR count). The molecule has 3 nitrogen and oxygen atoms in total. The lowest BCUT2D eigenvalue weighted by Crippen LogP contribution is -2.55. The smallest absolute Gasteiger partial charge is 0.0974 e. The molecule has 2 spiro atoms. The zero-order valence-electron chi connectivity index (χ0n) is 21.1. The van der Waals surface area contributed by atoms with E-state index >= 15 is 0 Å². The van der Waals surface area contributed by atoms with Crippen molar-refractivity contribution in [1.82, 2.24) is 9.88 Å². The summed E-state index contributed by atoms with van der Waals surface area (Å²) in [6, 6.07) is 9.99. The largest absolute Gasteiger partial charge is 0.359 e. The van der Waals surface area contributed by atoms with Crippen LogP contribution in [0.15, 0.2) is 60.0 Å². The van der Waals surface area contributed by atoms with Gasteiger partial charge in [-0.2, -0.15) is 0 Å². The Morgan fingerprint density at radius 3 is 2.86 bits per heavy atom. The number of aromatic nitrogens is 1. The monoisotopic (exact) mass is 466 g/mol. The van der Waals surface area contributed by atoms with Gasteiger partial charge < -0.3 is 9.64 Å². The minimum atomic E-state index is -0.0451. The Morgan fingerprint density at radius 2 is 1.94 bits per heavy atom. The molecule has 2 bridgehead atoms. The number of fused-ring (bicyclic) bond motifs is 2. The molecule has 4 fully saturated rings. The SMILES string of the molecule is C[C@]12CC=C3C=C4CC[C@@H](N5CCCC5)C[C@]45CC[C@]3(O5)[C@@H]1CCC2c1ccc2ccncc2c1. The van der Waals surface area contributed by atoms with Crippen molar-refractivity contribution >= 4 is 10.8 Å². The quantitative estimate of drug-likeness (QED) is 0.479. The summed E-state index contributed by atoms with van der Waals surface area (Å²) in [5.74, 6) is 1.22. The molecule has 0 radical (unpaired) electrons. The van der Waals surface area contributed by atoms with E-state index < -0.39 is 0 Å². The minimum Gasteiger partial charge on any atom is -0.359 e. The number of rotatable bonds is 2. The fourth-order valence-corrected chi connectivity index (χ4v) is 9.67. The fraction of sp³-hybridized carbons (Fsp3) is 0.594. The van der Waals surface area contributed by atoms with Crippen molar-refractivity contribution in [3.8, 4) is 0 Å². The molecule has 3 aliphatic heterocycles. The Hall–Kier alpha value is -1.97. The maximum atomic E-state index is 7.53. The lowest BCUT2D eigenvalue weighted by molar-refractivity contribution is -0.140. The Balaban J connectivity index is 1.15. The molecule has 0 amide bonds. The number of hydrogen-bond acceptors (Lipinski definition) is 3. The summed E-state index contributed by atoms with van der Waals surface area (Å²) in [5.41, 5.74) is 4.93. The van der Waals surface area contributed by atoms with E-state index in [2.05, 4.69) is 53.2 Å². The first-order valence-electron chi connectivity index (χ1n) is 14.3. The molecule has 182 valence electrons. The van der Waals surface area contributed by atoms with Crippen molar-refractivity contribution in [3.63, 3.8) is 0 Å². The highest BCUT2D eigenvalue weighted by Crippen LogP contribution is 2.69. The summed E-state index contributed by atoms with van der Waals surface area (Å²) >= 11 is 0. The molecule has 6 aliphatic rings. The third-order valence-electron chi connectivity index (χ3n) is 11.4. The fourth-order valence-electron chi connectivity index (χ4n) is 9.67. The number of nitrogens with zero attached hydrogens (tertiary/aromatic N) is 2. The zero-order valence-corrected chi connectivity index (χ0v) is 21.1. The van der Waals surface area contributed by atoms with Gasteiger partial charge in [0.2, 0.25) is 0 Å². The number of pyridine rings is 1. The van der Waals surface area contributed by atoms with Gasteiger partial charge in [-0.05, 0) is 129 Å². The second-order valence-corrected chi connectivity index (χ2v) is 12.8. The maximum Gasteiger partial charge on any atom is 0.0974 e. The molecule has 1 aromatic carbocycles. The molecule has 1 aromatic heterocycles. The first-order chi connectivity index (χ1) is 17.1. The predicted molar refractivity (Wildman–Crippen MR) is 140 cm³/mol. The Labute approximate surface area is 209 Å². The number of allylic oxidation sites excluding steroid dienone is 1. The van der Waals surface area contributed by atoms with E-state index in [0.29, 0.717) is 11.8 Å². The van der Waals surface area contributed by atoms with Gasteiger partial charge in [-0.3, -0.25) is 4.98 Å². The van der Waals surface area contributed by atoms with Crippen molar-refractivity contribution in [2.75, 3.05) is 13.1 Å². The molecule has 6 atom stereocenters. The normalized spacial score (nSPS) is 42.4. The molecule has 0 N–H and O–H groups in total. The third kappa shape index (κ3) is 2.83. The van der Waals surface area contributed by atoms with E-state index in [1.807, 2.05) is 12.4 Å². The van der Waals surface area contributed by atoms with Crippen LogP contribution in [0.2, 0.25) is 0 Å². The third-order valence-corrected chi connectivity index (χ3v) is 11.4. The average molecular weight is 467 g/mol. The lowest BCUT2D eigenvalue weighted by Gasteiger charge is -2.55. The predicted octanol–water partition coefficient (Wildman–Crippen LogP) is 6.94. The first-order valence-corrected chi connectivity index (χ1v) is 14.3. The molecular weight excluding hydrogens is 428 g/mol. The van der Waals surface area contributed by atoms with E-state index in [1.54, 1.807) is 11.1 Å². The van der Waals surface area contributed by atoms with Crippen LogP contribution in [0.5, 0.6) is 0 Å². The molecule has 2 aromatic rings. The highest BCUT2D eigenvalue weighted by atomic mass is 16.5. The molecule has 1 unspecified atom stereocenters. The van der Waals surface area contributed by atoms with Crippen molar-refractivity contribution in [2.24, 2.45) is 11.3 Å². The first kappa shape index (κ1) is 21.1. The van der Waals surface area contributed by atoms with Gasteiger partial charge in [0.1, 0.15) is 0 Å². The second kappa shape index (κ2) is 7.29. The summed E-state index contributed by atoms with van der Waals surface area (Å²) in [6.45, 7) is 5.20. The number of hydrogen-bond donors (Lipinski definition) is 0. The van der Waals surface area contributed by atoms with Crippen LogP contribution in [0.3, 0.4) is 0 Å². The number of ether oxygens (including phenoxy) is 1. The molecule has 35 heavy (non-hydrogen) atoms. The van der Waals surface area contributed by atoms with Gasteiger partial charge >= 0.3 is 0 Å². The Kier molecular flexibility index (Phi) is 4.41. The van der Waals surface area contributed by atoms with Crippen LogP contribution >= 0.6 is 0 Å². The number of likely N-dealkylation sites (tertiary alicyclic amines) is 1. The van der Waals surface area contributed by atoms with Gasteiger partial charge in [0.25, 0.3) is 0 Å². The van der Waals surface area contributed by atoms with Crippen molar-refractivity contribution < 1.29 is 4.74 Å². The van der Waals surface area contributed by atoms with Crippen LogP contribution in [0.25, 0.3) is 10.8 Å². The van der Waals surface area contributed by atoms with Gasteiger partial charge in [-0.15, -0.1) is 0 Å². The lowest BCUT2D eigenvalue weighted by atomic mass is 9.58. The van der Waals surface area contributed by atoms with E-state index in [0.717, 1.165) is 6.04 Å². The van der Waals surface area contributed by atoms with Crippen LogP contribution in [0.1, 0.15) is 82.6 Å². The molecule has 3 aliphatic carbocycles. The van der Waals surface area contributed by atoms with Gasteiger partial charge in [0, 0.05) is 23.8 Å². The van der Waals surface area contributed by atoms with Crippen LogP contribution in [-0.2, 0) is 4.74 Å². The standard InChI is InChI=1S/C32H38N2O/c1-30-12-10-26-19-25-6-7-27(34-16-2-3-17-34)20-31(25)13-14-32(26,35-31)29(30)9-8-28(30)23-5-4-22-11-15-33-21-24(22)18-23/h4-5,10-11,15,18-19,21,27-29H,2-3,6-9,12-14,16-17,20H2,1H3/t27-,28?,29-,30-,31-,32-/m1/s1. The van der Waals surface area contributed by atoms with Crippen LogP contribution in [0, 0.1) is 11.3 Å². The van der Waals surface area contributed by atoms with E-state index in [1.165, 1.54) is 93.6 Å². The summed E-state index contributed by atoms with van der Waals surface area (Å²) in [7, 11) is 0. The van der Waals surface area contributed by atoms with E-state index in [-0.39, 0.29) is 16.6 Å². The van der Waals surface area contributed by atoms with Crippen molar-refractivity contribution in [1.29, 1.82) is 0 Å². The van der Waals surface area contributed by atoms with Gasteiger partial charge in [0.15, 0.2) is 0 Å². The van der Waals surface area contributed by atoms with E-state index in [9.17, 15) is 0 Å². The maximum absolute atomic E-state index is 7.53. The van der Waals surface area contributed by atoms with Gasteiger partial charge in [-0.1, -0.05) is 31.2 Å². The number of benzene rings is 1. The van der Waals surface area contributed by atoms with Gasteiger partial charge in [0.05, 0.1) is 11.2 Å². The summed E-state index contributed by atoms with van der Waals surface area (Å²) in [5, 5.41) is 2.57. The highest BCUT2D eigenvalue weighted by molar-refractivity contribution is 5.82. The Morgan fingerprint density at radius 1 is 1.03 bits per heavy atom. The van der Waals surface area contributed by atoms with Crippen LogP contribution in [0.4, 0.5) is 0 Å². The minimum absolute atomic E-state index is 0.0216. The molecule has 3 heteroatoms. The summed E-state index contributed by atoms with van der Waals surface area (Å²) < 4.78 is 7.53.